The molecule has 8 heteroatoms. The fraction of sp³-hybridized carbons (Fsp3) is 0.0357. The number of hydrogen-bond acceptors (Lipinski definition) is 4. The highest BCUT2D eigenvalue weighted by Crippen LogP contribution is 2.38. The summed E-state index contributed by atoms with van der Waals surface area (Å²) in [4.78, 5) is 26.1. The molecule has 0 unspecified atom stereocenters. The number of carbonyl (C=O) groups is 1. The van der Waals surface area contributed by atoms with Crippen LogP contribution < -0.4 is 4.90 Å². The molecule has 0 saturated carbocycles. The molecule has 5 rings (SSSR count). The minimum absolute atomic E-state index is 0.0533. The van der Waals surface area contributed by atoms with E-state index in [1.807, 2.05) is 30.3 Å². The van der Waals surface area contributed by atoms with Crippen LogP contribution in [0.25, 0.3) is 23.1 Å². The highest BCUT2D eigenvalue weighted by molar-refractivity contribution is 6.42. The highest BCUT2D eigenvalue weighted by Gasteiger charge is 2.31. The summed E-state index contributed by atoms with van der Waals surface area (Å²) in [5.41, 5.74) is 3.42. The molecule has 178 valence electrons. The normalized spacial score (nSPS) is 14.4. The Morgan fingerprint density at radius 2 is 1.69 bits per heavy atom. The lowest BCUT2D eigenvalue weighted by Gasteiger charge is -2.21. The van der Waals surface area contributed by atoms with Gasteiger partial charge in [-0.25, -0.2) is 0 Å². The third-order valence-corrected chi connectivity index (χ3v) is 6.57. The van der Waals surface area contributed by atoms with Crippen molar-refractivity contribution < 1.29 is 14.1 Å². The van der Waals surface area contributed by atoms with Crippen LogP contribution in [0.1, 0.15) is 16.9 Å². The van der Waals surface area contributed by atoms with Crippen LogP contribution in [0.2, 0.25) is 10.0 Å². The van der Waals surface area contributed by atoms with Crippen LogP contribution in [0, 0.1) is 17.0 Å². The van der Waals surface area contributed by atoms with Crippen molar-refractivity contribution in [1.82, 2.24) is 0 Å². The number of nitrogens with zero attached hydrogens (tertiary/aromatic N) is 2. The number of rotatable bonds is 5. The van der Waals surface area contributed by atoms with Gasteiger partial charge in [0.05, 0.1) is 26.4 Å². The maximum absolute atomic E-state index is 13.6. The molecule has 0 fully saturated rings. The van der Waals surface area contributed by atoms with E-state index < -0.39 is 4.92 Å². The molecule has 36 heavy (non-hydrogen) atoms. The molecule has 0 atom stereocenters. The number of carbonyl (C=O) groups excluding carboxylic acids is 1. The number of nitro benzene ring substituents is 1. The van der Waals surface area contributed by atoms with Gasteiger partial charge >= 0.3 is 0 Å². The van der Waals surface area contributed by atoms with Gasteiger partial charge in [0.25, 0.3) is 11.6 Å². The Kier molecular flexibility index (Phi) is 6.22. The zero-order chi connectivity index (χ0) is 25.4. The zero-order valence-electron chi connectivity index (χ0n) is 18.9. The summed E-state index contributed by atoms with van der Waals surface area (Å²) in [6.07, 6.45) is 3.40. The van der Waals surface area contributed by atoms with Crippen molar-refractivity contribution in [3.63, 3.8) is 0 Å². The molecule has 1 aromatic heterocycles. The Morgan fingerprint density at radius 3 is 2.42 bits per heavy atom. The molecule has 1 aliphatic rings. The van der Waals surface area contributed by atoms with E-state index in [0.717, 1.165) is 11.1 Å². The third kappa shape index (κ3) is 4.44. The van der Waals surface area contributed by atoms with Crippen LogP contribution in [-0.4, -0.2) is 10.8 Å². The number of halogens is 2. The van der Waals surface area contributed by atoms with E-state index in [4.69, 9.17) is 27.6 Å². The van der Waals surface area contributed by atoms with Crippen molar-refractivity contribution in [2.24, 2.45) is 0 Å². The van der Waals surface area contributed by atoms with Gasteiger partial charge in [-0.05, 0) is 61.0 Å². The van der Waals surface area contributed by atoms with Gasteiger partial charge in [0, 0.05) is 22.8 Å². The Morgan fingerprint density at radius 1 is 0.917 bits per heavy atom. The van der Waals surface area contributed by atoms with E-state index in [9.17, 15) is 14.9 Å². The predicted molar refractivity (Wildman–Crippen MR) is 142 cm³/mol. The first kappa shape index (κ1) is 23.6. The maximum Gasteiger partial charge on any atom is 0.274 e. The summed E-state index contributed by atoms with van der Waals surface area (Å²) in [7, 11) is 0. The van der Waals surface area contributed by atoms with E-state index in [1.54, 1.807) is 61.5 Å². The van der Waals surface area contributed by atoms with Crippen molar-refractivity contribution >= 4 is 52.3 Å². The van der Waals surface area contributed by atoms with Gasteiger partial charge in [-0.3, -0.25) is 19.8 Å². The van der Waals surface area contributed by atoms with Crippen molar-refractivity contribution in [3.05, 3.63) is 128 Å². The Hall–Kier alpha value is -4.13. The molecule has 4 aromatic rings. The monoisotopic (exact) mass is 516 g/mol. The van der Waals surface area contributed by atoms with Crippen molar-refractivity contribution in [1.29, 1.82) is 0 Å². The summed E-state index contributed by atoms with van der Waals surface area (Å²) in [6, 6.07) is 22.9. The van der Waals surface area contributed by atoms with Gasteiger partial charge in [-0.15, -0.1) is 0 Å². The van der Waals surface area contributed by atoms with Crippen LogP contribution in [0.5, 0.6) is 0 Å². The second-order valence-electron chi connectivity index (χ2n) is 8.19. The molecule has 0 saturated heterocycles. The average Bonchev–Trinajstić information content (AvgIpc) is 3.46. The van der Waals surface area contributed by atoms with Crippen molar-refractivity contribution in [2.75, 3.05) is 4.90 Å². The van der Waals surface area contributed by atoms with Crippen molar-refractivity contribution in [2.45, 2.75) is 6.92 Å². The lowest BCUT2D eigenvalue weighted by atomic mass is 10.1. The lowest BCUT2D eigenvalue weighted by Crippen LogP contribution is -2.25. The number of aryl methyl sites for hydroxylation is 1. The van der Waals surface area contributed by atoms with E-state index in [-0.39, 0.29) is 11.6 Å². The van der Waals surface area contributed by atoms with Crippen LogP contribution in [-0.2, 0) is 4.79 Å². The highest BCUT2D eigenvalue weighted by atomic mass is 35.5. The molecular formula is C28H18Cl2N2O4. The molecule has 0 spiro atoms. The quantitative estimate of drug-likeness (QED) is 0.153. The molecule has 0 N–H and O–H groups in total. The SMILES string of the molecule is Cc1ccc(N2C(=O)C(=Cc3ccc(-c4ccc(Cl)c(Cl)c4)o3)C=C2c2ccccc2)cc1[N+](=O)[O-]. The molecule has 0 aliphatic carbocycles. The second-order valence-corrected chi connectivity index (χ2v) is 9.01. The Bertz CT molecular complexity index is 1570. The Balaban J connectivity index is 1.56. The maximum atomic E-state index is 13.6. The van der Waals surface area contributed by atoms with Crippen molar-refractivity contribution in [3.8, 4) is 11.3 Å². The number of furan rings is 1. The van der Waals surface area contributed by atoms with Crippen LogP contribution in [0.3, 0.4) is 0 Å². The van der Waals surface area contributed by atoms with Gasteiger partial charge in [0.2, 0.25) is 0 Å². The summed E-state index contributed by atoms with van der Waals surface area (Å²) >= 11 is 12.1. The standard InChI is InChI=1S/C28H18Cl2N2O4/c1-17-7-9-21(16-25(17)32(34)35)31-26(18-5-3-2-4-6-18)15-20(28(31)33)13-22-10-12-27(36-22)19-8-11-23(29)24(30)14-19/h2-16H,1H3. The minimum Gasteiger partial charge on any atom is -0.457 e. The number of amides is 1. The molecule has 0 bridgehead atoms. The van der Waals surface area contributed by atoms with Gasteiger partial charge < -0.3 is 4.42 Å². The number of hydrogen-bond donors (Lipinski definition) is 0. The molecule has 6 nitrogen and oxygen atoms in total. The first-order valence-corrected chi connectivity index (χ1v) is 11.7. The average molecular weight is 517 g/mol. The molecular weight excluding hydrogens is 499 g/mol. The molecule has 2 heterocycles. The van der Waals surface area contributed by atoms with E-state index in [2.05, 4.69) is 0 Å². The van der Waals surface area contributed by atoms with E-state index in [1.165, 1.54) is 11.0 Å². The molecule has 1 aliphatic heterocycles. The lowest BCUT2D eigenvalue weighted by molar-refractivity contribution is -0.385. The molecule has 0 radical (unpaired) electrons. The summed E-state index contributed by atoms with van der Waals surface area (Å²) in [6.45, 7) is 1.66. The minimum atomic E-state index is -0.449. The topological polar surface area (TPSA) is 76.6 Å². The molecule has 1 amide bonds. The number of benzene rings is 3. The predicted octanol–water partition coefficient (Wildman–Crippen LogP) is 7.94. The fourth-order valence-corrected chi connectivity index (χ4v) is 4.31. The smallest absolute Gasteiger partial charge is 0.274 e. The largest absolute Gasteiger partial charge is 0.457 e. The number of anilines is 1. The summed E-state index contributed by atoms with van der Waals surface area (Å²) in [5, 5.41) is 12.4. The van der Waals surface area contributed by atoms with Crippen LogP contribution in [0.4, 0.5) is 11.4 Å². The first-order chi connectivity index (χ1) is 17.3. The third-order valence-electron chi connectivity index (χ3n) is 5.83. The number of nitro groups is 1. The van der Waals surface area contributed by atoms with Gasteiger partial charge in [-0.2, -0.15) is 0 Å². The van der Waals surface area contributed by atoms with Crippen LogP contribution >= 0.6 is 23.2 Å². The second kappa shape index (κ2) is 9.49. The van der Waals surface area contributed by atoms with Crippen LogP contribution in [0.15, 0.2) is 94.9 Å². The first-order valence-electron chi connectivity index (χ1n) is 11.0. The van der Waals surface area contributed by atoms with Gasteiger partial charge in [0.15, 0.2) is 0 Å². The van der Waals surface area contributed by atoms with E-state index in [0.29, 0.717) is 44.1 Å². The Labute approximate surface area is 216 Å². The van der Waals surface area contributed by atoms with Gasteiger partial charge in [0.1, 0.15) is 11.5 Å². The summed E-state index contributed by atoms with van der Waals surface area (Å²) < 4.78 is 5.96. The summed E-state index contributed by atoms with van der Waals surface area (Å²) in [5.74, 6) is 0.725. The zero-order valence-corrected chi connectivity index (χ0v) is 20.5. The fourth-order valence-electron chi connectivity index (χ4n) is 4.01. The molecule has 3 aromatic carbocycles. The van der Waals surface area contributed by atoms with Gasteiger partial charge in [-0.1, -0.05) is 59.6 Å². The van der Waals surface area contributed by atoms with E-state index >= 15 is 0 Å².